The van der Waals surface area contributed by atoms with Crippen molar-refractivity contribution >= 4 is 29.2 Å². The molecular weight excluding hydrogens is 316 g/mol. The van der Waals surface area contributed by atoms with Gasteiger partial charge in [-0.15, -0.1) is 12.4 Å². The van der Waals surface area contributed by atoms with Crippen molar-refractivity contribution in [1.29, 1.82) is 0 Å². The van der Waals surface area contributed by atoms with Crippen molar-refractivity contribution in [2.75, 3.05) is 6.54 Å². The molecule has 0 aliphatic rings. The number of aromatic nitrogens is 2. The van der Waals surface area contributed by atoms with Crippen molar-refractivity contribution in [3.63, 3.8) is 0 Å². The zero-order valence-corrected chi connectivity index (χ0v) is 14.4. The van der Waals surface area contributed by atoms with E-state index in [0.717, 1.165) is 0 Å². The maximum Gasteiger partial charge on any atom is 0.258 e. The van der Waals surface area contributed by atoms with Crippen LogP contribution in [0.15, 0.2) is 29.1 Å². The number of H-pyrrole nitrogens is 1. The number of carbonyl (C=O) groups is 1. The average molecular weight is 339 g/mol. The molecule has 1 atom stereocenters. The van der Waals surface area contributed by atoms with Crippen LogP contribution in [0.1, 0.15) is 26.6 Å². The third-order valence-corrected chi connectivity index (χ3v) is 3.66. The molecule has 7 heteroatoms. The molecule has 0 aliphatic carbocycles. The Labute approximate surface area is 141 Å². The minimum Gasteiger partial charge on any atom is -0.333 e. The molecule has 0 spiro atoms. The Balaban J connectivity index is 0.00000264. The molecule has 3 N–H and O–H groups in total. The number of nitrogens with two attached hydrogens (primary N) is 1. The van der Waals surface area contributed by atoms with Crippen molar-refractivity contribution in [2.24, 2.45) is 11.7 Å². The summed E-state index contributed by atoms with van der Waals surface area (Å²) in [6, 6.07) is 7.15. The molecule has 2 aromatic rings. The van der Waals surface area contributed by atoms with Crippen molar-refractivity contribution in [3.8, 4) is 0 Å². The van der Waals surface area contributed by atoms with Crippen LogP contribution < -0.4 is 11.3 Å². The molecule has 1 aromatic carbocycles. The number of nitrogens with zero attached hydrogens (tertiary/aromatic N) is 2. The molecule has 0 bridgehead atoms. The molecule has 1 unspecified atom stereocenters. The number of halogens is 1. The van der Waals surface area contributed by atoms with Crippen LogP contribution >= 0.6 is 12.4 Å². The molecule has 1 amide bonds. The number of nitrogens with one attached hydrogen (secondary N) is 1. The van der Waals surface area contributed by atoms with Gasteiger partial charge in [-0.1, -0.05) is 19.1 Å². The standard InChI is InChI=1S/C16H22N4O2.ClH/c1-10(2)20(16(22)11(3)8-17)9-14-18-13-7-5-4-6-12(13)15(21)19-14;/h4-7,10-11H,8-9,17H2,1-3H3,(H,18,19,21);1H. The van der Waals surface area contributed by atoms with Crippen molar-refractivity contribution in [3.05, 3.63) is 40.4 Å². The molecule has 0 saturated carbocycles. The number of fused-ring (bicyclic) bond motifs is 1. The summed E-state index contributed by atoms with van der Waals surface area (Å²) in [5.41, 5.74) is 6.02. The van der Waals surface area contributed by atoms with Crippen LogP contribution in [-0.4, -0.2) is 33.4 Å². The summed E-state index contributed by atoms with van der Waals surface area (Å²) in [6.45, 7) is 6.22. The van der Waals surface area contributed by atoms with Gasteiger partial charge >= 0.3 is 0 Å². The molecule has 0 aliphatic heterocycles. The highest BCUT2D eigenvalue weighted by molar-refractivity contribution is 5.85. The maximum absolute atomic E-state index is 12.4. The lowest BCUT2D eigenvalue weighted by atomic mass is 10.1. The van der Waals surface area contributed by atoms with Gasteiger partial charge in [0.1, 0.15) is 5.82 Å². The second-order valence-electron chi connectivity index (χ2n) is 5.73. The molecule has 1 aromatic heterocycles. The first-order valence-corrected chi connectivity index (χ1v) is 7.42. The highest BCUT2D eigenvalue weighted by atomic mass is 35.5. The van der Waals surface area contributed by atoms with E-state index < -0.39 is 0 Å². The molecule has 23 heavy (non-hydrogen) atoms. The minimum absolute atomic E-state index is 0. The highest BCUT2D eigenvalue weighted by Crippen LogP contribution is 2.11. The summed E-state index contributed by atoms with van der Waals surface area (Å²) in [5, 5.41) is 0.545. The normalized spacial score (nSPS) is 12.0. The molecule has 0 radical (unpaired) electrons. The van der Waals surface area contributed by atoms with E-state index in [2.05, 4.69) is 9.97 Å². The summed E-state index contributed by atoms with van der Waals surface area (Å²) in [5.74, 6) is 0.192. The van der Waals surface area contributed by atoms with Gasteiger partial charge in [0.25, 0.3) is 5.56 Å². The Hall–Kier alpha value is -1.92. The van der Waals surface area contributed by atoms with Gasteiger partial charge in [0, 0.05) is 18.5 Å². The Morgan fingerprint density at radius 1 is 1.30 bits per heavy atom. The van der Waals surface area contributed by atoms with Gasteiger partial charge in [0.2, 0.25) is 5.91 Å². The Bertz CT molecular complexity index is 729. The number of hydrogen-bond acceptors (Lipinski definition) is 4. The van der Waals surface area contributed by atoms with E-state index in [4.69, 9.17) is 5.73 Å². The van der Waals surface area contributed by atoms with Crippen LogP contribution in [0.3, 0.4) is 0 Å². The molecule has 126 valence electrons. The second-order valence-corrected chi connectivity index (χ2v) is 5.73. The third kappa shape index (κ3) is 4.30. The van der Waals surface area contributed by atoms with E-state index in [1.165, 1.54) is 0 Å². The molecule has 1 heterocycles. The van der Waals surface area contributed by atoms with Gasteiger partial charge < -0.3 is 15.6 Å². The van der Waals surface area contributed by atoms with Gasteiger partial charge in [-0.2, -0.15) is 0 Å². The van der Waals surface area contributed by atoms with E-state index in [9.17, 15) is 9.59 Å². The topological polar surface area (TPSA) is 92.1 Å². The van der Waals surface area contributed by atoms with Crippen LogP contribution in [0.2, 0.25) is 0 Å². The monoisotopic (exact) mass is 338 g/mol. The largest absolute Gasteiger partial charge is 0.333 e. The van der Waals surface area contributed by atoms with E-state index in [1.54, 1.807) is 30.0 Å². The number of hydrogen-bond donors (Lipinski definition) is 2. The van der Waals surface area contributed by atoms with Gasteiger partial charge in [-0.25, -0.2) is 4.98 Å². The van der Waals surface area contributed by atoms with Gasteiger partial charge in [0.15, 0.2) is 0 Å². The Morgan fingerprint density at radius 3 is 2.57 bits per heavy atom. The smallest absolute Gasteiger partial charge is 0.258 e. The third-order valence-electron chi connectivity index (χ3n) is 3.66. The SMILES string of the molecule is CC(CN)C(=O)N(Cc1nc2ccccc2c(=O)[nH]1)C(C)C.Cl. The van der Waals surface area contributed by atoms with Gasteiger partial charge in [-0.3, -0.25) is 9.59 Å². The van der Waals surface area contributed by atoms with E-state index in [1.807, 2.05) is 19.9 Å². The first-order chi connectivity index (χ1) is 10.4. The lowest BCUT2D eigenvalue weighted by molar-refractivity contribution is -0.137. The predicted molar refractivity (Wildman–Crippen MR) is 93.5 cm³/mol. The molecule has 2 rings (SSSR count). The second kappa shape index (κ2) is 8.08. The number of aromatic amines is 1. The summed E-state index contributed by atoms with van der Waals surface area (Å²) in [7, 11) is 0. The summed E-state index contributed by atoms with van der Waals surface area (Å²) in [6.07, 6.45) is 0. The Morgan fingerprint density at radius 2 is 1.96 bits per heavy atom. The van der Waals surface area contributed by atoms with Crippen molar-refractivity contribution < 1.29 is 4.79 Å². The summed E-state index contributed by atoms with van der Waals surface area (Å²) in [4.78, 5) is 33.4. The first-order valence-electron chi connectivity index (χ1n) is 7.42. The molecule has 0 fully saturated rings. The number of benzene rings is 1. The van der Waals surface area contributed by atoms with Crippen molar-refractivity contribution in [2.45, 2.75) is 33.4 Å². The fourth-order valence-corrected chi connectivity index (χ4v) is 2.27. The Kier molecular flexibility index (Phi) is 6.72. The maximum atomic E-state index is 12.4. The number of carbonyl (C=O) groups excluding carboxylic acids is 1. The van der Waals surface area contributed by atoms with Gasteiger partial charge in [-0.05, 0) is 26.0 Å². The van der Waals surface area contributed by atoms with Gasteiger partial charge in [0.05, 0.1) is 17.4 Å². The number of rotatable bonds is 5. The molecular formula is C16H23ClN4O2. The van der Waals surface area contributed by atoms with Crippen LogP contribution in [0.25, 0.3) is 10.9 Å². The van der Waals surface area contributed by atoms with Crippen LogP contribution in [0.4, 0.5) is 0 Å². The van der Waals surface area contributed by atoms with Crippen LogP contribution in [0, 0.1) is 5.92 Å². The van der Waals surface area contributed by atoms with E-state index in [0.29, 0.717) is 23.3 Å². The lowest BCUT2D eigenvalue weighted by Gasteiger charge is -2.28. The number of amides is 1. The summed E-state index contributed by atoms with van der Waals surface area (Å²) < 4.78 is 0. The van der Waals surface area contributed by atoms with Crippen LogP contribution in [0.5, 0.6) is 0 Å². The molecule has 6 nitrogen and oxygen atoms in total. The minimum atomic E-state index is -0.255. The zero-order valence-electron chi connectivity index (χ0n) is 13.6. The highest BCUT2D eigenvalue weighted by Gasteiger charge is 2.23. The van der Waals surface area contributed by atoms with E-state index >= 15 is 0 Å². The zero-order chi connectivity index (χ0) is 16.3. The average Bonchev–Trinajstić information content (AvgIpc) is 2.51. The summed E-state index contributed by atoms with van der Waals surface area (Å²) >= 11 is 0. The van der Waals surface area contributed by atoms with E-state index in [-0.39, 0.29) is 42.4 Å². The predicted octanol–water partition coefficient (Wildman–Crippen LogP) is 1.68. The lowest BCUT2D eigenvalue weighted by Crippen LogP contribution is -2.42. The first kappa shape index (κ1) is 19.1. The van der Waals surface area contributed by atoms with Crippen molar-refractivity contribution in [1.82, 2.24) is 14.9 Å². The number of para-hydroxylation sites is 1. The fraction of sp³-hybridized carbons (Fsp3) is 0.438. The molecule has 0 saturated heterocycles. The fourth-order valence-electron chi connectivity index (χ4n) is 2.27. The quantitative estimate of drug-likeness (QED) is 0.867. The van der Waals surface area contributed by atoms with Crippen LogP contribution in [-0.2, 0) is 11.3 Å².